The van der Waals surface area contributed by atoms with Gasteiger partial charge in [0.15, 0.2) is 0 Å². The van der Waals surface area contributed by atoms with Crippen LogP contribution < -0.4 is 0 Å². The zero-order valence-electron chi connectivity index (χ0n) is 15.2. The van der Waals surface area contributed by atoms with Crippen molar-refractivity contribution in [1.29, 1.82) is 0 Å². The summed E-state index contributed by atoms with van der Waals surface area (Å²) in [5, 5.41) is 10.6. The van der Waals surface area contributed by atoms with Crippen LogP contribution in [0.15, 0.2) is 69.3 Å². The van der Waals surface area contributed by atoms with Crippen LogP contribution in [0.3, 0.4) is 0 Å². The van der Waals surface area contributed by atoms with Crippen molar-refractivity contribution in [2.45, 2.75) is 20.8 Å². The molecule has 0 fully saturated rings. The normalized spacial score (nSPS) is 11.2. The minimum absolute atomic E-state index is 0.776. The topological polar surface area (TPSA) is 35.6 Å². The number of para-hydroxylation sites is 2. The molecule has 0 N–H and O–H groups in total. The third-order valence-corrected chi connectivity index (χ3v) is 20.1. The van der Waals surface area contributed by atoms with Gasteiger partial charge in [-0.2, -0.15) is 0 Å². The Balaban J connectivity index is 1.51. The summed E-state index contributed by atoms with van der Waals surface area (Å²) < 4.78 is 7.31. The van der Waals surface area contributed by atoms with E-state index in [0.29, 0.717) is 0 Å². The van der Waals surface area contributed by atoms with Crippen molar-refractivity contribution in [1.82, 2.24) is 19.6 Å². The molecule has 2 aromatic carbocycles. The van der Waals surface area contributed by atoms with Crippen molar-refractivity contribution in [2.24, 2.45) is 0 Å². The van der Waals surface area contributed by atoms with E-state index in [1.165, 1.54) is 0 Å². The molecule has 2 aromatic heterocycles. The zero-order chi connectivity index (χ0) is 20.2. The maximum absolute atomic E-state index is 5.54. The summed E-state index contributed by atoms with van der Waals surface area (Å²) >= 11 is 12.9. The monoisotopic (exact) mass is 554 g/mol. The molecule has 0 radical (unpaired) electrons. The molecule has 0 aliphatic heterocycles. The fourth-order valence-electron chi connectivity index (χ4n) is 2.38. The molecule has 0 unspecified atom stereocenters. The second-order valence-electron chi connectivity index (χ2n) is 5.59. The van der Waals surface area contributed by atoms with Crippen LogP contribution in [0.25, 0.3) is 11.4 Å². The SMILES string of the molecule is CC[As](Sc1nn(-c2ccccc2)c(=S)s1)Sc1nn(-c2ccccc2)c(=S)s1. The van der Waals surface area contributed by atoms with Gasteiger partial charge in [0, 0.05) is 0 Å². The van der Waals surface area contributed by atoms with E-state index in [2.05, 4.69) is 6.92 Å². The third-order valence-electron chi connectivity index (χ3n) is 3.68. The van der Waals surface area contributed by atoms with Gasteiger partial charge in [-0.25, -0.2) is 0 Å². The molecule has 0 saturated heterocycles. The van der Waals surface area contributed by atoms with E-state index in [4.69, 9.17) is 34.6 Å². The summed E-state index contributed by atoms with van der Waals surface area (Å²) in [5.41, 5.74) is 2.01. The Hall–Kier alpha value is -0.742. The molecule has 148 valence electrons. The van der Waals surface area contributed by atoms with E-state index in [-0.39, 0.29) is 0 Å². The van der Waals surface area contributed by atoms with Gasteiger partial charge >= 0.3 is 200 Å². The number of aromatic nitrogens is 4. The molecule has 0 aliphatic rings. The fourth-order valence-corrected chi connectivity index (χ4v) is 19.1. The number of rotatable bonds is 7. The predicted octanol–water partition coefficient (Wildman–Crippen LogP) is 7.03. The number of hydrogen-bond donors (Lipinski definition) is 0. The van der Waals surface area contributed by atoms with Crippen molar-refractivity contribution in [3.63, 3.8) is 0 Å². The molecule has 0 atom stereocenters. The molecule has 29 heavy (non-hydrogen) atoms. The fraction of sp³-hybridized carbons (Fsp3) is 0.111. The molecule has 0 bridgehead atoms. The summed E-state index contributed by atoms with van der Waals surface area (Å²) in [6.07, 6.45) is 0. The van der Waals surface area contributed by atoms with Gasteiger partial charge in [-0.15, -0.1) is 0 Å². The van der Waals surface area contributed by atoms with Crippen molar-refractivity contribution in [2.75, 3.05) is 0 Å². The second-order valence-corrected chi connectivity index (χ2v) is 21.3. The predicted molar refractivity (Wildman–Crippen MR) is 132 cm³/mol. The van der Waals surface area contributed by atoms with Crippen LogP contribution in [0.1, 0.15) is 6.92 Å². The Labute approximate surface area is 198 Å². The van der Waals surface area contributed by atoms with Gasteiger partial charge in [0.25, 0.3) is 0 Å². The standard InChI is InChI=1S/C18H15AsN4S6/c1-2-19(28-15-20-22(17(24)26-15)13-9-5-3-6-10-13)29-16-21-23(18(25)27-16)14-11-7-4-8-12-14/h3-12H,2H2,1H3. The summed E-state index contributed by atoms with van der Waals surface area (Å²) in [4.78, 5) is 0. The Morgan fingerprint density at radius 1 is 0.793 bits per heavy atom. The van der Waals surface area contributed by atoms with Crippen LogP contribution in [-0.2, 0) is 0 Å². The molecular weight excluding hydrogens is 540 g/mol. The van der Waals surface area contributed by atoms with Crippen LogP contribution in [0.5, 0.6) is 0 Å². The summed E-state index contributed by atoms with van der Waals surface area (Å²) in [6, 6.07) is 20.1. The van der Waals surface area contributed by atoms with E-state index in [0.717, 1.165) is 33.2 Å². The average molecular weight is 555 g/mol. The molecule has 0 saturated carbocycles. The van der Waals surface area contributed by atoms with E-state index in [9.17, 15) is 0 Å². The zero-order valence-corrected chi connectivity index (χ0v) is 21.9. The van der Waals surface area contributed by atoms with Gasteiger partial charge < -0.3 is 0 Å². The molecule has 0 amide bonds. The first-order valence-corrected chi connectivity index (χ1v) is 18.5. The van der Waals surface area contributed by atoms with E-state index in [1.54, 1.807) is 22.7 Å². The van der Waals surface area contributed by atoms with Crippen LogP contribution in [0.4, 0.5) is 0 Å². The van der Waals surface area contributed by atoms with Crippen LogP contribution >= 0.6 is 67.2 Å². The van der Waals surface area contributed by atoms with Crippen molar-refractivity contribution in [3.8, 4) is 11.4 Å². The number of hydrogen-bond acceptors (Lipinski definition) is 8. The van der Waals surface area contributed by atoms with Gasteiger partial charge in [0.05, 0.1) is 0 Å². The first-order chi connectivity index (χ1) is 14.1. The Morgan fingerprint density at radius 2 is 1.21 bits per heavy atom. The Bertz CT molecular complexity index is 1100. The third kappa shape index (κ3) is 5.30. The van der Waals surface area contributed by atoms with Crippen molar-refractivity contribution in [3.05, 3.63) is 68.6 Å². The van der Waals surface area contributed by atoms with E-state index in [1.807, 2.05) is 90.1 Å². The molecule has 4 nitrogen and oxygen atoms in total. The first kappa shape index (κ1) is 21.5. The van der Waals surface area contributed by atoms with E-state index < -0.39 is 12.3 Å². The summed E-state index contributed by atoms with van der Waals surface area (Å²) in [5.74, 6) is 0. The van der Waals surface area contributed by atoms with Gasteiger partial charge in [-0.3, -0.25) is 0 Å². The number of benzene rings is 2. The molecule has 0 spiro atoms. The van der Waals surface area contributed by atoms with Gasteiger partial charge in [-0.1, -0.05) is 0 Å². The molecule has 2 heterocycles. The van der Waals surface area contributed by atoms with Gasteiger partial charge in [0.1, 0.15) is 0 Å². The molecular formula is C18H15AsN4S6. The van der Waals surface area contributed by atoms with Crippen LogP contribution in [0, 0.1) is 7.91 Å². The summed E-state index contributed by atoms with van der Waals surface area (Å²) in [6.45, 7) is 2.24. The van der Waals surface area contributed by atoms with E-state index >= 15 is 0 Å². The molecule has 4 rings (SSSR count). The minimum atomic E-state index is -1.34. The first-order valence-electron chi connectivity index (χ1n) is 8.58. The molecule has 0 aliphatic carbocycles. The Morgan fingerprint density at radius 3 is 1.59 bits per heavy atom. The Kier molecular flexibility index (Phi) is 7.44. The van der Waals surface area contributed by atoms with Gasteiger partial charge in [0.2, 0.25) is 0 Å². The second kappa shape index (κ2) is 10.0. The van der Waals surface area contributed by atoms with Gasteiger partial charge in [-0.05, 0) is 0 Å². The maximum atomic E-state index is 5.54. The summed E-state index contributed by atoms with van der Waals surface area (Å²) in [7, 11) is 3.75. The average Bonchev–Trinajstić information content (AvgIpc) is 3.30. The van der Waals surface area contributed by atoms with Crippen LogP contribution in [0.2, 0.25) is 5.21 Å². The van der Waals surface area contributed by atoms with Crippen molar-refractivity contribution < 1.29 is 0 Å². The number of nitrogens with zero attached hydrogens (tertiary/aromatic N) is 4. The quantitative estimate of drug-likeness (QED) is 0.180. The molecule has 4 aromatic rings. The van der Waals surface area contributed by atoms with Crippen molar-refractivity contribution >= 4 is 79.5 Å². The molecule has 11 heteroatoms. The van der Waals surface area contributed by atoms with Crippen LogP contribution in [-0.4, -0.2) is 31.9 Å².